The van der Waals surface area contributed by atoms with E-state index in [4.69, 9.17) is 4.74 Å². The molecule has 0 spiro atoms. The van der Waals surface area contributed by atoms with Crippen molar-refractivity contribution in [1.82, 2.24) is 9.97 Å². The molecule has 2 aromatic rings. The highest BCUT2D eigenvalue weighted by atomic mass is 19.4. The molecule has 0 atom stereocenters. The Hall–Kier alpha value is -2.51. The molecule has 0 saturated heterocycles. The van der Waals surface area contributed by atoms with Crippen molar-refractivity contribution in [1.29, 1.82) is 0 Å². The predicted octanol–water partition coefficient (Wildman–Crippen LogP) is 3.29. The highest BCUT2D eigenvalue weighted by Crippen LogP contribution is 2.31. The van der Waals surface area contributed by atoms with E-state index >= 15 is 0 Å². The van der Waals surface area contributed by atoms with Gasteiger partial charge in [-0.1, -0.05) is 12.1 Å². The second kappa shape index (κ2) is 5.86. The van der Waals surface area contributed by atoms with Crippen molar-refractivity contribution in [2.24, 2.45) is 0 Å². The minimum atomic E-state index is -4.62. The van der Waals surface area contributed by atoms with Gasteiger partial charge in [-0.25, -0.2) is 9.97 Å². The number of para-hydroxylation sites is 2. The quantitative estimate of drug-likeness (QED) is 0.907. The Morgan fingerprint density at radius 1 is 1.10 bits per heavy atom. The van der Waals surface area contributed by atoms with Gasteiger partial charge in [0.25, 0.3) is 0 Å². The van der Waals surface area contributed by atoms with Gasteiger partial charge in [0.2, 0.25) is 5.82 Å². The average Bonchev–Trinajstić information content (AvgIpc) is 2.46. The fourth-order valence-electron chi connectivity index (χ4n) is 1.65. The molecule has 0 radical (unpaired) electrons. The van der Waals surface area contributed by atoms with E-state index in [-0.39, 0.29) is 11.6 Å². The minimum absolute atomic E-state index is 0.0196. The Morgan fingerprint density at radius 2 is 1.76 bits per heavy atom. The molecule has 0 fully saturated rings. The first kappa shape index (κ1) is 14.9. The summed E-state index contributed by atoms with van der Waals surface area (Å²) in [6.07, 6.45) is -4.62. The summed E-state index contributed by atoms with van der Waals surface area (Å²) in [5.41, 5.74) is 0.508. The average molecular weight is 298 g/mol. The van der Waals surface area contributed by atoms with Gasteiger partial charge in [0, 0.05) is 13.1 Å². The molecule has 1 heterocycles. The normalized spacial score (nSPS) is 11.1. The van der Waals surface area contributed by atoms with Crippen LogP contribution in [0.3, 0.4) is 0 Å². The number of benzene rings is 1. The lowest BCUT2D eigenvalue weighted by Crippen LogP contribution is -2.13. The topological polar surface area (TPSA) is 59.1 Å². The molecule has 2 N–H and O–H groups in total. The van der Waals surface area contributed by atoms with Gasteiger partial charge in [-0.2, -0.15) is 13.2 Å². The van der Waals surface area contributed by atoms with Crippen LogP contribution in [0.4, 0.5) is 30.5 Å². The van der Waals surface area contributed by atoms with E-state index < -0.39 is 12.0 Å². The van der Waals surface area contributed by atoms with Gasteiger partial charge in [-0.05, 0) is 12.1 Å². The third-order valence-corrected chi connectivity index (χ3v) is 2.61. The highest BCUT2D eigenvalue weighted by Gasteiger charge is 2.35. The molecular formula is C13H13F3N4O. The third kappa shape index (κ3) is 3.53. The number of nitrogens with one attached hydrogen (secondary N) is 2. The molecule has 2 rings (SSSR count). The third-order valence-electron chi connectivity index (χ3n) is 2.61. The maximum Gasteiger partial charge on any atom is 0.451 e. The number of nitrogens with zero attached hydrogens (tertiary/aromatic N) is 2. The lowest BCUT2D eigenvalue weighted by atomic mass is 10.3. The fourth-order valence-corrected chi connectivity index (χ4v) is 1.65. The first-order valence-corrected chi connectivity index (χ1v) is 5.98. The van der Waals surface area contributed by atoms with E-state index in [1.54, 1.807) is 24.3 Å². The molecule has 0 aliphatic heterocycles. The van der Waals surface area contributed by atoms with E-state index in [1.807, 2.05) is 0 Å². The van der Waals surface area contributed by atoms with Gasteiger partial charge in [-0.15, -0.1) is 0 Å². The van der Waals surface area contributed by atoms with Gasteiger partial charge in [0.1, 0.15) is 17.4 Å². The van der Waals surface area contributed by atoms with Crippen LogP contribution in [0.25, 0.3) is 0 Å². The maximum absolute atomic E-state index is 12.8. The molecule has 0 saturated carbocycles. The Balaban J connectivity index is 2.39. The van der Waals surface area contributed by atoms with Gasteiger partial charge >= 0.3 is 6.18 Å². The van der Waals surface area contributed by atoms with E-state index in [0.29, 0.717) is 11.4 Å². The molecular weight excluding hydrogens is 285 g/mol. The molecule has 8 heteroatoms. The summed E-state index contributed by atoms with van der Waals surface area (Å²) < 4.78 is 43.4. The zero-order valence-electron chi connectivity index (χ0n) is 11.3. The Bertz CT molecular complexity index is 631. The van der Waals surface area contributed by atoms with Crippen molar-refractivity contribution in [2.75, 3.05) is 24.8 Å². The van der Waals surface area contributed by atoms with Crippen LogP contribution in [0.2, 0.25) is 0 Å². The number of ether oxygens (including phenoxy) is 1. The summed E-state index contributed by atoms with van der Waals surface area (Å²) in [6, 6.07) is 8.22. The second-order valence-electron chi connectivity index (χ2n) is 4.04. The molecule has 0 bridgehead atoms. The summed E-state index contributed by atoms with van der Waals surface area (Å²) in [6.45, 7) is 0. The maximum atomic E-state index is 12.8. The van der Waals surface area contributed by atoms with E-state index in [0.717, 1.165) is 0 Å². The zero-order chi connectivity index (χ0) is 15.5. The molecule has 0 aliphatic carbocycles. The lowest BCUT2D eigenvalue weighted by Gasteiger charge is -2.13. The Morgan fingerprint density at radius 3 is 2.38 bits per heavy atom. The van der Waals surface area contributed by atoms with Crippen molar-refractivity contribution >= 4 is 17.3 Å². The molecule has 5 nitrogen and oxygen atoms in total. The second-order valence-corrected chi connectivity index (χ2v) is 4.04. The van der Waals surface area contributed by atoms with Crippen molar-refractivity contribution in [3.63, 3.8) is 0 Å². The number of alkyl halides is 3. The fraction of sp³-hybridized carbons (Fsp3) is 0.231. The smallest absolute Gasteiger partial charge is 0.451 e. The number of halogens is 3. The van der Waals surface area contributed by atoms with Crippen molar-refractivity contribution in [2.45, 2.75) is 6.18 Å². The van der Waals surface area contributed by atoms with E-state index in [2.05, 4.69) is 20.6 Å². The lowest BCUT2D eigenvalue weighted by molar-refractivity contribution is -0.144. The number of methoxy groups -OCH3 is 1. The van der Waals surface area contributed by atoms with Crippen molar-refractivity contribution in [3.05, 3.63) is 36.2 Å². The van der Waals surface area contributed by atoms with Crippen LogP contribution in [-0.4, -0.2) is 24.1 Å². The molecule has 1 aromatic carbocycles. The molecule has 21 heavy (non-hydrogen) atoms. The number of hydrogen-bond donors (Lipinski definition) is 2. The summed E-state index contributed by atoms with van der Waals surface area (Å²) in [5, 5.41) is 5.37. The monoisotopic (exact) mass is 298 g/mol. The first-order valence-electron chi connectivity index (χ1n) is 5.98. The number of rotatable bonds is 4. The van der Waals surface area contributed by atoms with Gasteiger partial charge in [0.15, 0.2) is 0 Å². The first-order chi connectivity index (χ1) is 9.94. The molecule has 1 aromatic heterocycles. The van der Waals surface area contributed by atoms with Crippen molar-refractivity contribution < 1.29 is 17.9 Å². The summed E-state index contributed by atoms with van der Waals surface area (Å²) in [7, 11) is 2.95. The number of anilines is 3. The standard InChI is InChI=1S/C13H13F3N4O/c1-17-10-7-11(20-12(19-10)13(14,15)16)18-8-5-3-4-6-9(8)21-2/h3-7H,1-2H3,(H2,17,18,19,20). The summed E-state index contributed by atoms with van der Waals surface area (Å²) >= 11 is 0. The van der Waals surface area contributed by atoms with Crippen LogP contribution in [0.15, 0.2) is 30.3 Å². The van der Waals surface area contributed by atoms with Gasteiger partial charge in [-0.3, -0.25) is 0 Å². The Labute approximate surface area is 119 Å². The SMILES string of the molecule is CNc1cc(Nc2ccccc2OC)nc(C(F)(F)F)n1. The minimum Gasteiger partial charge on any atom is -0.495 e. The molecule has 0 unspecified atom stereocenters. The molecule has 0 amide bonds. The highest BCUT2D eigenvalue weighted by molar-refractivity contribution is 5.65. The van der Waals surface area contributed by atoms with Crippen LogP contribution in [-0.2, 0) is 6.18 Å². The van der Waals surface area contributed by atoms with Crippen LogP contribution in [0.1, 0.15) is 5.82 Å². The number of hydrogen-bond acceptors (Lipinski definition) is 5. The van der Waals surface area contributed by atoms with Crippen LogP contribution < -0.4 is 15.4 Å². The van der Waals surface area contributed by atoms with Crippen molar-refractivity contribution in [3.8, 4) is 5.75 Å². The van der Waals surface area contributed by atoms with Gasteiger partial charge in [0.05, 0.1) is 12.8 Å². The van der Waals surface area contributed by atoms with Gasteiger partial charge < -0.3 is 15.4 Å². The Kier molecular flexibility index (Phi) is 4.15. The zero-order valence-corrected chi connectivity index (χ0v) is 11.3. The predicted molar refractivity (Wildman–Crippen MR) is 72.9 cm³/mol. The largest absolute Gasteiger partial charge is 0.495 e. The van der Waals surface area contributed by atoms with E-state index in [9.17, 15) is 13.2 Å². The summed E-state index contributed by atoms with van der Waals surface area (Å²) in [5.74, 6) is -0.636. The van der Waals surface area contributed by atoms with Crippen LogP contribution >= 0.6 is 0 Å². The van der Waals surface area contributed by atoms with Crippen LogP contribution in [0, 0.1) is 0 Å². The van der Waals surface area contributed by atoms with E-state index in [1.165, 1.54) is 20.2 Å². The molecule has 0 aliphatic rings. The van der Waals surface area contributed by atoms with Crippen LogP contribution in [0.5, 0.6) is 5.75 Å². The number of aromatic nitrogens is 2. The molecule has 112 valence electrons. The summed E-state index contributed by atoms with van der Waals surface area (Å²) in [4.78, 5) is 6.87.